The molecule has 0 fully saturated rings. The highest BCUT2D eigenvalue weighted by Gasteiger charge is 2.30. The first kappa shape index (κ1) is 101. The smallest absolute Gasteiger partial charge is 0.462 e. The molecule has 4 unspecified atom stereocenters. The highest BCUT2D eigenvalue weighted by Crippen LogP contribution is 2.45. The standard InChI is InChI=1S/C84H160O17P2/c1-7-11-13-15-17-19-21-23-28-32-36-43-49-55-61-67-82(87)95-72-79(100-83(88)68-62-56-50-44-37-33-30-27-25-24-26-29-31-34-40-46-52-58-64-76(5)9-3)74-98-102(90,91)96-70-78(85)71-97-103(92,93)99-75-80(73-94-81(86)66-60-54-48-42-35-22-20-18-16-14-12-8-2)101-84(89)69-63-57-51-45-39-38-41-47-53-59-65-77(6)10-4/h19,21,23,28,76-80,85H,7-18,20,22,24-27,29-75H2,1-6H3,(H,90,91)(H,92,93)/b21-19-,28-23-/t76?,77?,78-,79-,80-/m1/s1. The Bertz CT molecular complexity index is 2070. The summed E-state index contributed by atoms with van der Waals surface area (Å²) < 4.78 is 68.8. The fourth-order valence-corrected chi connectivity index (χ4v) is 14.0. The summed E-state index contributed by atoms with van der Waals surface area (Å²) in [7, 11) is -9.94. The molecule has 3 N–H and O–H groups in total. The number of aliphatic hydroxyl groups is 1. The van der Waals surface area contributed by atoms with Crippen LogP contribution in [0.15, 0.2) is 24.3 Å². The van der Waals surface area contributed by atoms with Gasteiger partial charge in [-0.3, -0.25) is 37.3 Å². The van der Waals surface area contributed by atoms with E-state index in [9.17, 15) is 43.2 Å². The van der Waals surface area contributed by atoms with Gasteiger partial charge >= 0.3 is 39.5 Å². The fraction of sp³-hybridized carbons (Fsp3) is 0.905. The van der Waals surface area contributed by atoms with Crippen LogP contribution in [0.2, 0.25) is 0 Å². The molecule has 0 saturated carbocycles. The molecule has 0 aliphatic carbocycles. The highest BCUT2D eigenvalue weighted by atomic mass is 31.2. The summed E-state index contributed by atoms with van der Waals surface area (Å²) in [6, 6.07) is 0. The molecule has 0 saturated heterocycles. The van der Waals surface area contributed by atoms with E-state index in [1.165, 1.54) is 218 Å². The van der Waals surface area contributed by atoms with E-state index in [0.29, 0.717) is 25.7 Å². The number of unbranched alkanes of at least 4 members (excludes halogenated alkanes) is 46. The Balaban J connectivity index is 5.27. The Morgan fingerprint density at radius 1 is 0.311 bits per heavy atom. The molecule has 0 amide bonds. The zero-order valence-electron chi connectivity index (χ0n) is 67.1. The van der Waals surface area contributed by atoms with Crippen LogP contribution in [0.3, 0.4) is 0 Å². The van der Waals surface area contributed by atoms with Gasteiger partial charge in [-0.25, -0.2) is 9.13 Å². The van der Waals surface area contributed by atoms with Crippen LogP contribution >= 0.6 is 15.6 Å². The summed E-state index contributed by atoms with van der Waals surface area (Å²) in [5.74, 6) is -0.464. The summed E-state index contributed by atoms with van der Waals surface area (Å²) in [5, 5.41) is 10.7. The molecule has 0 aromatic rings. The second-order valence-electron chi connectivity index (χ2n) is 30.0. The highest BCUT2D eigenvalue weighted by molar-refractivity contribution is 7.47. The van der Waals surface area contributed by atoms with Gasteiger partial charge in [-0.15, -0.1) is 0 Å². The quantitative estimate of drug-likeness (QED) is 0.0169. The van der Waals surface area contributed by atoms with Gasteiger partial charge < -0.3 is 33.8 Å². The van der Waals surface area contributed by atoms with Crippen molar-refractivity contribution in [3.05, 3.63) is 24.3 Å². The molecule has 0 rings (SSSR count). The van der Waals surface area contributed by atoms with Gasteiger partial charge in [0.25, 0.3) is 0 Å². The minimum Gasteiger partial charge on any atom is -0.462 e. The van der Waals surface area contributed by atoms with Crippen molar-refractivity contribution in [3.8, 4) is 0 Å². The first-order valence-corrected chi connectivity index (χ1v) is 45.9. The number of carbonyl (C=O) groups excluding carboxylic acids is 4. The number of phosphoric acid groups is 2. The normalized spacial score (nSPS) is 14.5. The third kappa shape index (κ3) is 74.8. The van der Waals surface area contributed by atoms with Gasteiger partial charge in [-0.05, 0) is 63.2 Å². The Hall–Kier alpha value is -2.46. The number of carbonyl (C=O) groups is 4. The van der Waals surface area contributed by atoms with Gasteiger partial charge in [0.2, 0.25) is 0 Å². The van der Waals surface area contributed by atoms with Gasteiger partial charge in [0, 0.05) is 25.7 Å². The Morgan fingerprint density at radius 3 is 0.825 bits per heavy atom. The van der Waals surface area contributed by atoms with Crippen molar-refractivity contribution in [1.82, 2.24) is 0 Å². The van der Waals surface area contributed by atoms with Crippen LogP contribution in [0, 0.1) is 11.8 Å². The van der Waals surface area contributed by atoms with E-state index in [-0.39, 0.29) is 25.7 Å². The molecule has 0 bridgehead atoms. The van der Waals surface area contributed by atoms with Crippen molar-refractivity contribution in [2.45, 2.75) is 439 Å². The minimum absolute atomic E-state index is 0.102. The molecular weight excluding hydrogens is 1340 g/mol. The van der Waals surface area contributed by atoms with Gasteiger partial charge in [-0.1, -0.05) is 368 Å². The van der Waals surface area contributed by atoms with E-state index in [0.717, 1.165) is 121 Å². The number of hydrogen-bond acceptors (Lipinski definition) is 15. The monoisotopic (exact) mass is 1500 g/mol. The van der Waals surface area contributed by atoms with Crippen molar-refractivity contribution in [2.24, 2.45) is 11.8 Å². The number of ether oxygens (including phenoxy) is 4. The molecule has 0 heterocycles. The predicted molar refractivity (Wildman–Crippen MR) is 423 cm³/mol. The lowest BCUT2D eigenvalue weighted by Crippen LogP contribution is -2.30. The molecule has 17 nitrogen and oxygen atoms in total. The van der Waals surface area contributed by atoms with Crippen LogP contribution in [-0.2, 0) is 65.4 Å². The van der Waals surface area contributed by atoms with Crippen molar-refractivity contribution < 1.29 is 80.2 Å². The molecule has 7 atom stereocenters. The molecule has 0 radical (unpaired) electrons. The molecule has 0 aliphatic rings. The molecular formula is C84H160O17P2. The van der Waals surface area contributed by atoms with Gasteiger partial charge in [-0.2, -0.15) is 0 Å². The van der Waals surface area contributed by atoms with Gasteiger partial charge in [0.15, 0.2) is 12.2 Å². The average Bonchev–Trinajstić information content (AvgIpc) is 1.10. The van der Waals surface area contributed by atoms with Crippen LogP contribution in [0.1, 0.15) is 420 Å². The Morgan fingerprint density at radius 2 is 0.544 bits per heavy atom. The minimum atomic E-state index is -4.97. The maximum absolute atomic E-state index is 13.1. The van der Waals surface area contributed by atoms with Crippen LogP contribution < -0.4 is 0 Å². The average molecular weight is 1500 g/mol. The van der Waals surface area contributed by atoms with Crippen LogP contribution in [0.25, 0.3) is 0 Å². The number of aliphatic hydroxyl groups excluding tert-OH is 1. The second-order valence-corrected chi connectivity index (χ2v) is 32.9. The second kappa shape index (κ2) is 75.0. The summed E-state index contributed by atoms with van der Waals surface area (Å²) in [4.78, 5) is 73.1. The number of rotatable bonds is 81. The lowest BCUT2D eigenvalue weighted by Gasteiger charge is -2.21. The van der Waals surface area contributed by atoms with Gasteiger partial charge in [0.05, 0.1) is 26.4 Å². The third-order valence-electron chi connectivity index (χ3n) is 19.8. The van der Waals surface area contributed by atoms with E-state index in [2.05, 4.69) is 65.8 Å². The SMILES string of the molecule is CCCCCC/C=C\C=C/CCCCCCCC(=O)OC[C@H](COP(=O)(O)OC[C@@H](O)COP(=O)(O)OC[C@@H](COC(=O)CCCCCCCCCCCCCC)OC(=O)CCCCCCCCCCCCC(C)CC)OC(=O)CCCCCCCCCCCCCCCCCCCCC(C)CC. The van der Waals surface area contributed by atoms with Gasteiger partial charge in [0.1, 0.15) is 19.3 Å². The lowest BCUT2D eigenvalue weighted by molar-refractivity contribution is -0.161. The van der Waals surface area contributed by atoms with Crippen LogP contribution in [0.5, 0.6) is 0 Å². The first-order valence-electron chi connectivity index (χ1n) is 42.9. The number of hydrogen-bond donors (Lipinski definition) is 3. The molecule has 0 aromatic heterocycles. The largest absolute Gasteiger partial charge is 0.472 e. The molecule has 0 spiro atoms. The van der Waals surface area contributed by atoms with E-state index in [4.69, 9.17) is 37.0 Å². The summed E-state index contributed by atoms with van der Waals surface area (Å²) >= 11 is 0. The third-order valence-corrected chi connectivity index (χ3v) is 21.7. The molecule has 0 aromatic carbocycles. The summed E-state index contributed by atoms with van der Waals surface area (Å²) in [6.07, 6.45) is 68.6. The number of allylic oxidation sites excluding steroid dienone is 4. The van der Waals surface area contributed by atoms with Crippen LogP contribution in [0.4, 0.5) is 0 Å². The van der Waals surface area contributed by atoms with Crippen molar-refractivity contribution in [2.75, 3.05) is 39.6 Å². The van der Waals surface area contributed by atoms with Crippen molar-refractivity contribution in [1.29, 1.82) is 0 Å². The number of esters is 4. The maximum Gasteiger partial charge on any atom is 0.472 e. The molecule has 103 heavy (non-hydrogen) atoms. The van der Waals surface area contributed by atoms with Crippen LogP contribution in [-0.4, -0.2) is 96.7 Å². The zero-order chi connectivity index (χ0) is 75.6. The summed E-state index contributed by atoms with van der Waals surface area (Å²) in [6.45, 7) is 9.68. The zero-order valence-corrected chi connectivity index (χ0v) is 68.9. The lowest BCUT2D eigenvalue weighted by atomic mass is 9.99. The first-order chi connectivity index (χ1) is 49.9. The Kier molecular flexibility index (Phi) is 73.2. The molecule has 19 heteroatoms. The Labute approximate surface area is 631 Å². The van der Waals surface area contributed by atoms with Crippen molar-refractivity contribution >= 4 is 39.5 Å². The van der Waals surface area contributed by atoms with E-state index in [1.807, 2.05) is 0 Å². The van der Waals surface area contributed by atoms with Crippen molar-refractivity contribution in [3.63, 3.8) is 0 Å². The van der Waals surface area contributed by atoms with E-state index < -0.39 is 97.5 Å². The van der Waals surface area contributed by atoms with E-state index in [1.54, 1.807) is 0 Å². The molecule has 0 aliphatic heterocycles. The topological polar surface area (TPSA) is 237 Å². The fourth-order valence-electron chi connectivity index (χ4n) is 12.5. The maximum atomic E-state index is 13.1. The predicted octanol–water partition coefficient (Wildman–Crippen LogP) is 25.0. The molecule has 608 valence electrons. The number of phosphoric ester groups is 2. The summed E-state index contributed by atoms with van der Waals surface area (Å²) in [5.41, 5.74) is 0. The van der Waals surface area contributed by atoms with E-state index >= 15 is 0 Å².